The number of hydrogen-bond donors (Lipinski definition) is 3. The van der Waals surface area contributed by atoms with E-state index in [2.05, 4.69) is 24.5 Å². The first-order valence-electron chi connectivity index (χ1n) is 8.16. The molecule has 21 heavy (non-hydrogen) atoms. The highest BCUT2D eigenvalue weighted by Crippen LogP contribution is 2.39. The van der Waals surface area contributed by atoms with Gasteiger partial charge >= 0.3 is 0 Å². The van der Waals surface area contributed by atoms with Crippen molar-refractivity contribution in [1.82, 2.24) is 10.6 Å². The Morgan fingerprint density at radius 3 is 2.52 bits per heavy atom. The zero-order chi connectivity index (χ0) is 15.5. The molecular weight excluding hydrogens is 268 g/mol. The topological polar surface area (TPSA) is 70.6 Å². The van der Waals surface area contributed by atoms with Crippen LogP contribution in [0.4, 0.5) is 0 Å². The van der Waals surface area contributed by atoms with E-state index in [0.29, 0.717) is 25.2 Å². The van der Waals surface area contributed by atoms with Crippen molar-refractivity contribution < 1.29 is 14.6 Å². The molecule has 0 aromatic heterocycles. The first-order chi connectivity index (χ1) is 9.85. The van der Waals surface area contributed by atoms with Gasteiger partial charge in [-0.2, -0.15) is 0 Å². The van der Waals surface area contributed by atoms with E-state index >= 15 is 0 Å². The molecule has 0 bridgehead atoms. The number of aliphatic hydroxyl groups is 1. The predicted octanol–water partition coefficient (Wildman–Crippen LogP) is 1.06. The van der Waals surface area contributed by atoms with Crippen LogP contribution in [0.25, 0.3) is 0 Å². The van der Waals surface area contributed by atoms with Crippen LogP contribution in [0, 0.1) is 11.3 Å². The third-order valence-corrected chi connectivity index (χ3v) is 5.01. The van der Waals surface area contributed by atoms with Gasteiger partial charge in [-0.1, -0.05) is 20.8 Å². The Labute approximate surface area is 127 Å². The fourth-order valence-corrected chi connectivity index (χ4v) is 3.23. The van der Waals surface area contributed by atoms with Gasteiger partial charge in [-0.05, 0) is 37.6 Å². The Hall–Kier alpha value is -0.650. The van der Waals surface area contributed by atoms with E-state index < -0.39 is 5.60 Å². The average molecular weight is 298 g/mol. The molecule has 2 aliphatic rings. The van der Waals surface area contributed by atoms with Crippen molar-refractivity contribution in [2.45, 2.75) is 58.1 Å². The van der Waals surface area contributed by atoms with Crippen LogP contribution in [-0.2, 0) is 9.53 Å². The normalized spacial score (nSPS) is 31.0. The smallest absolute Gasteiger partial charge is 0.227 e. The van der Waals surface area contributed by atoms with E-state index in [9.17, 15) is 9.90 Å². The SMILES string of the molecule is CCNC1COCC1C(=O)NCC1(O)CCC(C)(C)CC1. The van der Waals surface area contributed by atoms with Gasteiger partial charge in [0.2, 0.25) is 5.91 Å². The quantitative estimate of drug-likeness (QED) is 0.710. The van der Waals surface area contributed by atoms with Gasteiger partial charge in [0.1, 0.15) is 0 Å². The number of ether oxygens (including phenoxy) is 1. The molecule has 2 unspecified atom stereocenters. The van der Waals surface area contributed by atoms with Crippen molar-refractivity contribution in [1.29, 1.82) is 0 Å². The molecule has 1 saturated heterocycles. The summed E-state index contributed by atoms with van der Waals surface area (Å²) in [5.74, 6) is -0.148. The van der Waals surface area contributed by atoms with Crippen LogP contribution in [0.5, 0.6) is 0 Å². The highest BCUT2D eigenvalue weighted by molar-refractivity contribution is 5.80. The highest BCUT2D eigenvalue weighted by Gasteiger charge is 2.38. The minimum absolute atomic E-state index is 0.00305. The standard InChI is InChI=1S/C16H30N2O3/c1-4-17-13-10-21-9-12(13)14(19)18-11-16(20)7-5-15(2,3)6-8-16/h12-13,17,20H,4-11H2,1-3H3,(H,18,19). The maximum atomic E-state index is 12.3. The van der Waals surface area contributed by atoms with Crippen LogP contribution < -0.4 is 10.6 Å². The number of carbonyl (C=O) groups is 1. The third kappa shape index (κ3) is 4.41. The van der Waals surface area contributed by atoms with Crippen LogP contribution in [0.3, 0.4) is 0 Å². The molecule has 5 nitrogen and oxygen atoms in total. The van der Waals surface area contributed by atoms with Gasteiger partial charge in [-0.25, -0.2) is 0 Å². The molecular formula is C16H30N2O3. The van der Waals surface area contributed by atoms with Gasteiger partial charge in [0.05, 0.1) is 24.7 Å². The highest BCUT2D eigenvalue weighted by atomic mass is 16.5. The zero-order valence-corrected chi connectivity index (χ0v) is 13.6. The number of hydrogen-bond acceptors (Lipinski definition) is 4. The molecule has 2 fully saturated rings. The van der Waals surface area contributed by atoms with Crippen LogP contribution in [-0.4, -0.2) is 49.0 Å². The summed E-state index contributed by atoms with van der Waals surface area (Å²) in [5.41, 5.74) is -0.427. The Morgan fingerprint density at radius 1 is 1.24 bits per heavy atom. The fraction of sp³-hybridized carbons (Fsp3) is 0.938. The number of carbonyl (C=O) groups excluding carboxylic acids is 1. The maximum Gasteiger partial charge on any atom is 0.227 e. The van der Waals surface area contributed by atoms with Gasteiger partial charge in [-0.15, -0.1) is 0 Å². The van der Waals surface area contributed by atoms with Crippen LogP contribution in [0.15, 0.2) is 0 Å². The second-order valence-electron chi connectivity index (χ2n) is 7.41. The number of likely N-dealkylation sites (N-methyl/N-ethyl adjacent to an activating group) is 1. The number of amides is 1. The van der Waals surface area contributed by atoms with Crippen molar-refractivity contribution >= 4 is 5.91 Å². The van der Waals surface area contributed by atoms with Crippen LogP contribution in [0.2, 0.25) is 0 Å². The molecule has 2 rings (SSSR count). The molecule has 1 aliphatic carbocycles. The molecule has 0 aromatic carbocycles. The lowest BCUT2D eigenvalue weighted by atomic mass is 9.71. The van der Waals surface area contributed by atoms with E-state index in [1.54, 1.807) is 0 Å². The van der Waals surface area contributed by atoms with E-state index in [1.165, 1.54) is 0 Å². The largest absolute Gasteiger partial charge is 0.388 e. The summed E-state index contributed by atoms with van der Waals surface area (Å²) in [6, 6.07) is 0.0925. The minimum Gasteiger partial charge on any atom is -0.388 e. The summed E-state index contributed by atoms with van der Waals surface area (Å²) < 4.78 is 5.40. The second-order valence-corrected chi connectivity index (χ2v) is 7.41. The number of nitrogens with one attached hydrogen (secondary N) is 2. The summed E-state index contributed by atoms with van der Waals surface area (Å²) in [5, 5.41) is 16.8. The van der Waals surface area contributed by atoms with Gasteiger partial charge in [-0.3, -0.25) is 4.79 Å². The molecule has 3 N–H and O–H groups in total. The Bertz CT molecular complexity index is 361. The van der Waals surface area contributed by atoms with Crippen molar-refractivity contribution in [3.05, 3.63) is 0 Å². The Kier molecular flexibility index (Phi) is 5.28. The Morgan fingerprint density at radius 2 is 1.90 bits per heavy atom. The minimum atomic E-state index is -0.738. The lowest BCUT2D eigenvalue weighted by Crippen LogP contribution is -2.50. The molecule has 1 heterocycles. The van der Waals surface area contributed by atoms with Crippen molar-refractivity contribution in [3.8, 4) is 0 Å². The monoisotopic (exact) mass is 298 g/mol. The molecule has 0 aromatic rings. The molecule has 5 heteroatoms. The first kappa shape index (κ1) is 16.7. The first-order valence-corrected chi connectivity index (χ1v) is 8.16. The van der Waals surface area contributed by atoms with E-state index in [1.807, 2.05) is 6.92 Å². The molecule has 1 aliphatic heterocycles. The maximum absolute atomic E-state index is 12.3. The van der Waals surface area contributed by atoms with Crippen molar-refractivity contribution in [2.75, 3.05) is 26.3 Å². The summed E-state index contributed by atoms with van der Waals surface area (Å²) in [7, 11) is 0. The van der Waals surface area contributed by atoms with Gasteiger partial charge in [0.25, 0.3) is 0 Å². The van der Waals surface area contributed by atoms with E-state index in [4.69, 9.17) is 4.74 Å². The lowest BCUT2D eigenvalue weighted by molar-refractivity contribution is -0.127. The van der Waals surface area contributed by atoms with Crippen LogP contribution >= 0.6 is 0 Å². The molecule has 1 amide bonds. The summed E-state index contributed by atoms with van der Waals surface area (Å²) >= 11 is 0. The second kappa shape index (κ2) is 6.63. The molecule has 0 radical (unpaired) electrons. The van der Waals surface area contributed by atoms with Crippen molar-refractivity contribution in [3.63, 3.8) is 0 Å². The van der Waals surface area contributed by atoms with Gasteiger partial charge < -0.3 is 20.5 Å². The summed E-state index contributed by atoms with van der Waals surface area (Å²) in [4.78, 5) is 12.3. The number of rotatable bonds is 5. The van der Waals surface area contributed by atoms with E-state index in [-0.39, 0.29) is 17.9 Å². The van der Waals surface area contributed by atoms with Gasteiger partial charge in [0.15, 0.2) is 0 Å². The molecule has 0 spiro atoms. The molecule has 1 saturated carbocycles. The molecule has 122 valence electrons. The summed E-state index contributed by atoms with van der Waals surface area (Å²) in [6.45, 7) is 8.75. The average Bonchev–Trinajstić information content (AvgIpc) is 2.89. The fourth-order valence-electron chi connectivity index (χ4n) is 3.23. The predicted molar refractivity (Wildman–Crippen MR) is 82.0 cm³/mol. The zero-order valence-electron chi connectivity index (χ0n) is 13.6. The van der Waals surface area contributed by atoms with Crippen LogP contribution in [0.1, 0.15) is 46.5 Å². The third-order valence-electron chi connectivity index (χ3n) is 5.01. The molecule has 2 atom stereocenters. The Balaban J connectivity index is 1.81. The van der Waals surface area contributed by atoms with Gasteiger partial charge in [0, 0.05) is 12.6 Å². The summed E-state index contributed by atoms with van der Waals surface area (Å²) in [6.07, 6.45) is 3.54. The van der Waals surface area contributed by atoms with E-state index in [0.717, 1.165) is 32.2 Å². The van der Waals surface area contributed by atoms with Crippen molar-refractivity contribution in [2.24, 2.45) is 11.3 Å². The lowest BCUT2D eigenvalue weighted by Gasteiger charge is -2.40.